The maximum absolute atomic E-state index is 12.2. The third-order valence-corrected chi connectivity index (χ3v) is 4.44. The van der Waals surface area contributed by atoms with Crippen LogP contribution >= 0.6 is 23.2 Å². The van der Waals surface area contributed by atoms with E-state index in [9.17, 15) is 14.9 Å². The normalized spacial score (nSPS) is 11.2. The summed E-state index contributed by atoms with van der Waals surface area (Å²) in [6, 6.07) is 8.90. The van der Waals surface area contributed by atoms with E-state index < -0.39 is 10.8 Å². The zero-order valence-electron chi connectivity index (χ0n) is 14.8. The third-order valence-electron chi connectivity index (χ3n) is 3.82. The van der Waals surface area contributed by atoms with Gasteiger partial charge in [-0.1, -0.05) is 23.2 Å². The molecule has 0 radical (unpaired) electrons. The highest BCUT2D eigenvalue weighted by Gasteiger charge is 2.14. The molecule has 4 N–H and O–H groups in total. The van der Waals surface area contributed by atoms with Crippen molar-refractivity contribution in [3.05, 3.63) is 67.7 Å². The van der Waals surface area contributed by atoms with Gasteiger partial charge in [-0.3, -0.25) is 25.3 Å². The Kier molecular flexibility index (Phi) is 7.08. The Bertz CT molecular complexity index is 935. The summed E-state index contributed by atoms with van der Waals surface area (Å²) in [7, 11) is 1.52. The van der Waals surface area contributed by atoms with E-state index in [1.54, 1.807) is 12.1 Å². The summed E-state index contributed by atoms with van der Waals surface area (Å²) in [6.45, 7) is 0. The molecule has 146 valence electrons. The quantitative estimate of drug-likeness (QED) is 0.215. The largest absolute Gasteiger partial charge is 0.396 e. The molecule has 0 aliphatic rings. The van der Waals surface area contributed by atoms with Gasteiger partial charge in [-0.05, 0) is 35.4 Å². The number of amides is 1. The van der Waals surface area contributed by atoms with Crippen molar-refractivity contribution in [1.82, 2.24) is 5.32 Å². The zero-order valence-corrected chi connectivity index (χ0v) is 16.3. The molecule has 0 spiro atoms. The fourth-order valence-corrected chi connectivity index (χ4v) is 2.97. The fraction of sp³-hybridized carbons (Fsp3) is 0.167. The smallest absolute Gasteiger partial charge is 0.269 e. The SMILES string of the molecule is CN=C(CC(=O)NC(=N)Cc1cc(Cl)c(N)c(Cl)c1)c1ccc([N+](=O)[O-])cc1. The number of anilines is 1. The van der Waals surface area contributed by atoms with E-state index in [2.05, 4.69) is 10.3 Å². The molecule has 2 rings (SSSR count). The number of halogens is 2. The second-order valence-corrected chi connectivity index (χ2v) is 6.64. The Labute approximate surface area is 171 Å². The van der Waals surface area contributed by atoms with E-state index >= 15 is 0 Å². The van der Waals surface area contributed by atoms with Gasteiger partial charge in [0.15, 0.2) is 0 Å². The number of hydrogen-bond acceptors (Lipinski definition) is 6. The molecule has 0 unspecified atom stereocenters. The molecule has 0 saturated carbocycles. The summed E-state index contributed by atoms with van der Waals surface area (Å²) < 4.78 is 0. The number of nitro benzene ring substituents is 1. The van der Waals surface area contributed by atoms with Crippen LogP contribution in [-0.4, -0.2) is 29.4 Å². The number of benzene rings is 2. The van der Waals surface area contributed by atoms with Gasteiger partial charge in [-0.25, -0.2) is 0 Å². The number of carbonyl (C=O) groups is 1. The standard InChI is InChI=1S/C18H17Cl2N5O3/c1-23-15(11-2-4-12(5-3-11)25(27)28)9-17(26)24-16(21)8-10-6-13(19)18(22)14(20)7-10/h2-7H,8-9,22H2,1H3,(H2,21,24,26). The summed E-state index contributed by atoms with van der Waals surface area (Å²) in [5.41, 5.74) is 7.55. The first-order valence-electron chi connectivity index (χ1n) is 8.02. The number of amidine groups is 1. The van der Waals surface area contributed by atoms with Crippen molar-refractivity contribution in [2.45, 2.75) is 12.8 Å². The highest BCUT2D eigenvalue weighted by Crippen LogP contribution is 2.29. The minimum Gasteiger partial charge on any atom is -0.396 e. The van der Waals surface area contributed by atoms with Gasteiger partial charge >= 0.3 is 0 Å². The van der Waals surface area contributed by atoms with Gasteiger partial charge in [-0.15, -0.1) is 0 Å². The summed E-state index contributed by atoms with van der Waals surface area (Å²) in [4.78, 5) is 26.5. The van der Waals surface area contributed by atoms with Gasteiger partial charge in [0.05, 0.1) is 32.8 Å². The Morgan fingerprint density at radius 3 is 2.32 bits per heavy atom. The molecule has 0 aromatic heterocycles. The fourth-order valence-electron chi connectivity index (χ4n) is 2.44. The Morgan fingerprint density at radius 1 is 1.25 bits per heavy atom. The number of aliphatic imine (C=N–C) groups is 1. The van der Waals surface area contributed by atoms with Crippen LogP contribution in [0.25, 0.3) is 0 Å². The number of nitrogens with two attached hydrogens (primary N) is 1. The number of carbonyl (C=O) groups excluding carboxylic acids is 1. The van der Waals surface area contributed by atoms with Crippen LogP contribution in [0.4, 0.5) is 11.4 Å². The van der Waals surface area contributed by atoms with E-state index in [0.29, 0.717) is 16.8 Å². The first kappa shape index (κ1) is 21.3. The van der Waals surface area contributed by atoms with Gasteiger partial charge in [-0.2, -0.15) is 0 Å². The summed E-state index contributed by atoms with van der Waals surface area (Å²) in [6.07, 6.45) is 0.0293. The zero-order chi connectivity index (χ0) is 20.8. The molecule has 0 fully saturated rings. The van der Waals surface area contributed by atoms with E-state index in [1.165, 1.54) is 31.3 Å². The predicted molar refractivity (Wildman–Crippen MR) is 111 cm³/mol. The van der Waals surface area contributed by atoms with Crippen molar-refractivity contribution in [3.63, 3.8) is 0 Å². The minimum absolute atomic E-state index is 0.0407. The third kappa shape index (κ3) is 5.51. The molecule has 1 amide bonds. The van der Waals surface area contributed by atoms with Gasteiger partial charge in [0.2, 0.25) is 5.91 Å². The summed E-state index contributed by atoms with van der Waals surface area (Å²) >= 11 is 11.9. The molecule has 8 nitrogen and oxygen atoms in total. The van der Waals surface area contributed by atoms with Crippen molar-refractivity contribution in [2.24, 2.45) is 4.99 Å². The van der Waals surface area contributed by atoms with Crippen molar-refractivity contribution in [1.29, 1.82) is 5.41 Å². The number of non-ortho nitro benzene ring substituents is 1. The van der Waals surface area contributed by atoms with Crippen LogP contribution < -0.4 is 11.1 Å². The number of rotatable bonds is 6. The Morgan fingerprint density at radius 2 is 1.82 bits per heavy atom. The number of nitrogens with zero attached hydrogens (tertiary/aromatic N) is 2. The Hall–Kier alpha value is -2.97. The van der Waals surface area contributed by atoms with Gasteiger partial charge in [0.1, 0.15) is 5.84 Å². The number of nitrogen functional groups attached to an aromatic ring is 1. The lowest BCUT2D eigenvalue weighted by atomic mass is 10.1. The van der Waals surface area contributed by atoms with Crippen molar-refractivity contribution < 1.29 is 9.72 Å². The lowest BCUT2D eigenvalue weighted by molar-refractivity contribution is -0.384. The van der Waals surface area contributed by atoms with Crippen LogP contribution in [0.3, 0.4) is 0 Å². The Balaban J connectivity index is 1.99. The highest BCUT2D eigenvalue weighted by molar-refractivity contribution is 6.39. The monoisotopic (exact) mass is 421 g/mol. The summed E-state index contributed by atoms with van der Waals surface area (Å²) in [5.74, 6) is -0.474. The molecule has 28 heavy (non-hydrogen) atoms. The molecular weight excluding hydrogens is 405 g/mol. The number of nitro groups is 1. The molecule has 0 atom stereocenters. The maximum atomic E-state index is 12.2. The van der Waals surface area contributed by atoms with Crippen molar-refractivity contribution >= 4 is 52.0 Å². The first-order chi connectivity index (χ1) is 13.2. The van der Waals surface area contributed by atoms with Gasteiger partial charge < -0.3 is 11.1 Å². The molecule has 10 heteroatoms. The second-order valence-electron chi connectivity index (χ2n) is 5.83. The van der Waals surface area contributed by atoms with E-state index in [1.807, 2.05) is 0 Å². The van der Waals surface area contributed by atoms with Crippen molar-refractivity contribution in [2.75, 3.05) is 12.8 Å². The van der Waals surface area contributed by atoms with Crippen LogP contribution in [0.15, 0.2) is 41.4 Å². The molecule has 0 aliphatic carbocycles. The minimum atomic E-state index is -0.504. The molecular formula is C18H17Cl2N5O3. The lowest BCUT2D eigenvalue weighted by Crippen LogP contribution is -2.32. The average Bonchev–Trinajstić information content (AvgIpc) is 2.64. The molecule has 0 aliphatic heterocycles. The molecule has 0 saturated heterocycles. The van der Waals surface area contributed by atoms with E-state index in [-0.39, 0.29) is 40.1 Å². The average molecular weight is 422 g/mol. The van der Waals surface area contributed by atoms with E-state index in [4.69, 9.17) is 34.3 Å². The topological polar surface area (TPSA) is 134 Å². The van der Waals surface area contributed by atoms with Crippen LogP contribution in [-0.2, 0) is 11.2 Å². The van der Waals surface area contributed by atoms with Crippen molar-refractivity contribution in [3.8, 4) is 0 Å². The maximum Gasteiger partial charge on any atom is 0.269 e. The van der Waals surface area contributed by atoms with Crippen LogP contribution in [0, 0.1) is 15.5 Å². The second kappa shape index (κ2) is 9.29. The van der Waals surface area contributed by atoms with Gasteiger partial charge in [0.25, 0.3) is 5.69 Å². The summed E-state index contributed by atoms with van der Waals surface area (Å²) in [5, 5.41) is 21.7. The van der Waals surface area contributed by atoms with Crippen LogP contribution in [0.2, 0.25) is 10.0 Å². The number of hydrogen-bond donors (Lipinski definition) is 3. The lowest BCUT2D eigenvalue weighted by Gasteiger charge is -2.10. The molecule has 0 heterocycles. The molecule has 2 aromatic carbocycles. The molecule has 2 aromatic rings. The van der Waals surface area contributed by atoms with Crippen LogP contribution in [0.5, 0.6) is 0 Å². The van der Waals surface area contributed by atoms with E-state index in [0.717, 1.165) is 0 Å². The highest BCUT2D eigenvalue weighted by atomic mass is 35.5. The molecule has 0 bridgehead atoms. The van der Waals surface area contributed by atoms with Crippen LogP contribution in [0.1, 0.15) is 17.5 Å². The number of nitrogens with one attached hydrogen (secondary N) is 2. The van der Waals surface area contributed by atoms with Gasteiger partial charge in [0, 0.05) is 25.6 Å². The first-order valence-corrected chi connectivity index (χ1v) is 8.78. The predicted octanol–water partition coefficient (Wildman–Crippen LogP) is 3.63.